The van der Waals surface area contributed by atoms with Gasteiger partial charge in [-0.3, -0.25) is 4.79 Å². The zero-order chi connectivity index (χ0) is 19.7. The predicted molar refractivity (Wildman–Crippen MR) is 102 cm³/mol. The normalized spacial score (nSPS) is 23.6. The van der Waals surface area contributed by atoms with Crippen molar-refractivity contribution in [1.82, 2.24) is 14.6 Å². The van der Waals surface area contributed by atoms with Crippen LogP contribution >= 0.6 is 0 Å². The summed E-state index contributed by atoms with van der Waals surface area (Å²) in [5.74, 6) is 0.128. The Kier molecular flexibility index (Phi) is 4.94. The fourth-order valence-electron chi connectivity index (χ4n) is 4.36. The van der Waals surface area contributed by atoms with E-state index in [4.69, 9.17) is 14.6 Å². The van der Waals surface area contributed by atoms with Gasteiger partial charge in [-0.25, -0.2) is 9.50 Å². The predicted octanol–water partition coefficient (Wildman–Crippen LogP) is 2.57. The minimum Gasteiger partial charge on any atom is -0.458 e. The molecule has 1 saturated carbocycles. The lowest BCUT2D eigenvalue weighted by Gasteiger charge is -2.41. The zero-order valence-corrected chi connectivity index (χ0v) is 16.3. The fraction of sp³-hybridized carbons (Fsp3) is 0.600. The molecule has 0 aromatic carbocycles. The number of nitrogens with zero attached hydrogens (tertiary/aromatic N) is 4. The van der Waals surface area contributed by atoms with Gasteiger partial charge in [0.05, 0.1) is 35.6 Å². The molecule has 2 aliphatic rings. The molecule has 2 aromatic rings. The highest BCUT2D eigenvalue weighted by molar-refractivity contribution is 5.66. The number of hydrogen-bond acceptors (Lipinski definition) is 7. The Balaban J connectivity index is 1.67. The smallest absolute Gasteiger partial charge is 0.303 e. The van der Waals surface area contributed by atoms with Crippen molar-refractivity contribution < 1.29 is 14.3 Å². The maximum absolute atomic E-state index is 11.4. The van der Waals surface area contributed by atoms with E-state index in [1.807, 2.05) is 10.6 Å². The molecule has 3 heterocycles. The largest absolute Gasteiger partial charge is 0.458 e. The molecule has 0 radical (unpaired) electrons. The van der Waals surface area contributed by atoms with Crippen molar-refractivity contribution in [2.45, 2.75) is 63.5 Å². The van der Waals surface area contributed by atoms with Crippen LogP contribution in [0.2, 0.25) is 0 Å². The van der Waals surface area contributed by atoms with Gasteiger partial charge in [0, 0.05) is 18.9 Å². The first-order chi connectivity index (χ1) is 13.6. The zero-order valence-electron chi connectivity index (χ0n) is 16.3. The quantitative estimate of drug-likeness (QED) is 0.792. The summed E-state index contributed by atoms with van der Waals surface area (Å²) < 4.78 is 12.7. The van der Waals surface area contributed by atoms with Gasteiger partial charge in [-0.2, -0.15) is 5.26 Å². The molecule has 148 valence electrons. The number of fused-ring (bicyclic) bond motifs is 1. The summed E-state index contributed by atoms with van der Waals surface area (Å²) in [5.41, 5.74) is 2.51. The van der Waals surface area contributed by atoms with Crippen molar-refractivity contribution in [3.05, 3.63) is 23.5 Å². The number of rotatable bonds is 5. The first kappa shape index (κ1) is 18.7. The minimum atomic E-state index is -0.377. The summed E-state index contributed by atoms with van der Waals surface area (Å²) >= 11 is 0. The van der Waals surface area contributed by atoms with Crippen LogP contribution in [0.5, 0.6) is 0 Å². The van der Waals surface area contributed by atoms with Crippen LogP contribution in [0.1, 0.15) is 57.2 Å². The number of nitrogens with one attached hydrogen (secondary N) is 1. The second kappa shape index (κ2) is 7.40. The van der Waals surface area contributed by atoms with Crippen molar-refractivity contribution in [3.8, 4) is 6.07 Å². The summed E-state index contributed by atoms with van der Waals surface area (Å²) in [6.45, 7) is 4.51. The summed E-state index contributed by atoms with van der Waals surface area (Å²) in [6.07, 6.45) is 6.36. The highest BCUT2D eigenvalue weighted by Gasteiger charge is 2.41. The van der Waals surface area contributed by atoms with Gasteiger partial charge in [-0.05, 0) is 31.7 Å². The number of nitriles is 1. The topological polar surface area (TPSA) is 102 Å². The van der Waals surface area contributed by atoms with E-state index in [0.29, 0.717) is 31.1 Å². The summed E-state index contributed by atoms with van der Waals surface area (Å²) in [4.78, 5) is 15.8. The standard InChI is InChI=1S/C20H25N5O3/c1-3-20(6-4-7-20)18-14(10-21)9-15-11-22-19(24-25(15)18)23-16-5-8-27-12-17(16)28-13(2)26/h9,11,16-17H,3-8,12H2,1-2H3,(H,23,24)/t16-,17-/m1/s1. The maximum Gasteiger partial charge on any atom is 0.303 e. The Morgan fingerprint density at radius 3 is 3.00 bits per heavy atom. The van der Waals surface area contributed by atoms with Crippen molar-refractivity contribution in [1.29, 1.82) is 5.26 Å². The molecule has 28 heavy (non-hydrogen) atoms. The third kappa shape index (κ3) is 3.20. The van der Waals surface area contributed by atoms with Gasteiger partial charge >= 0.3 is 5.97 Å². The van der Waals surface area contributed by atoms with E-state index in [1.54, 1.807) is 6.20 Å². The van der Waals surface area contributed by atoms with Crippen molar-refractivity contribution in [2.24, 2.45) is 0 Å². The van der Waals surface area contributed by atoms with E-state index in [2.05, 4.69) is 23.3 Å². The maximum atomic E-state index is 11.4. The number of ether oxygens (including phenoxy) is 2. The molecule has 8 heteroatoms. The second-order valence-corrected chi connectivity index (χ2v) is 7.69. The summed E-state index contributed by atoms with van der Waals surface area (Å²) in [5, 5.41) is 17.7. The third-order valence-electron chi connectivity index (χ3n) is 6.06. The van der Waals surface area contributed by atoms with Crippen LogP contribution in [0.15, 0.2) is 12.3 Å². The molecule has 0 spiro atoms. The molecule has 0 bridgehead atoms. The second-order valence-electron chi connectivity index (χ2n) is 7.69. The van der Waals surface area contributed by atoms with E-state index in [0.717, 1.165) is 30.5 Å². The molecule has 4 rings (SSSR count). The van der Waals surface area contributed by atoms with Crippen LogP contribution in [0.3, 0.4) is 0 Å². The average molecular weight is 383 g/mol. The van der Waals surface area contributed by atoms with Crippen molar-refractivity contribution in [3.63, 3.8) is 0 Å². The third-order valence-corrected chi connectivity index (χ3v) is 6.06. The molecule has 2 fully saturated rings. The fourth-order valence-corrected chi connectivity index (χ4v) is 4.36. The first-order valence-electron chi connectivity index (χ1n) is 9.87. The van der Waals surface area contributed by atoms with Gasteiger partial charge in [-0.15, -0.1) is 5.10 Å². The number of carbonyl (C=O) groups is 1. The van der Waals surface area contributed by atoms with Gasteiger partial charge in [0.1, 0.15) is 12.2 Å². The minimum absolute atomic E-state index is 0.0159. The molecule has 1 aliphatic carbocycles. The van der Waals surface area contributed by atoms with Crippen LogP contribution in [-0.2, 0) is 19.7 Å². The van der Waals surface area contributed by atoms with E-state index >= 15 is 0 Å². The SMILES string of the molecule is CCC1(c2c(C#N)cc3cnc(N[C@@H]4CCOC[C@H]4OC(C)=O)nn23)CCC1. The lowest BCUT2D eigenvalue weighted by molar-refractivity contribution is -0.153. The van der Waals surface area contributed by atoms with Gasteiger partial charge in [0.2, 0.25) is 5.95 Å². The number of esters is 1. The lowest BCUT2D eigenvalue weighted by Crippen LogP contribution is -2.45. The summed E-state index contributed by atoms with van der Waals surface area (Å²) in [6, 6.07) is 4.09. The van der Waals surface area contributed by atoms with E-state index in [1.165, 1.54) is 13.3 Å². The number of carbonyl (C=O) groups excluding carboxylic acids is 1. The molecular formula is C20H25N5O3. The Bertz CT molecular complexity index is 922. The van der Waals surface area contributed by atoms with Crippen LogP contribution in [0.25, 0.3) is 5.52 Å². The summed E-state index contributed by atoms with van der Waals surface area (Å²) in [7, 11) is 0. The molecule has 1 aliphatic heterocycles. The molecule has 0 amide bonds. The molecule has 1 saturated heterocycles. The van der Waals surface area contributed by atoms with Gasteiger partial charge in [-0.1, -0.05) is 13.3 Å². The molecule has 2 aromatic heterocycles. The van der Waals surface area contributed by atoms with Crippen LogP contribution in [0.4, 0.5) is 5.95 Å². The Morgan fingerprint density at radius 2 is 2.36 bits per heavy atom. The molecule has 2 atom stereocenters. The number of aromatic nitrogens is 3. The monoisotopic (exact) mass is 383 g/mol. The number of hydrogen-bond donors (Lipinski definition) is 1. The van der Waals surface area contributed by atoms with Gasteiger partial charge in [0.15, 0.2) is 0 Å². The van der Waals surface area contributed by atoms with Crippen LogP contribution < -0.4 is 5.32 Å². The van der Waals surface area contributed by atoms with Gasteiger partial charge in [0.25, 0.3) is 0 Å². The number of anilines is 1. The van der Waals surface area contributed by atoms with Crippen molar-refractivity contribution >= 4 is 17.4 Å². The molecule has 8 nitrogen and oxygen atoms in total. The van der Waals surface area contributed by atoms with E-state index < -0.39 is 0 Å². The van der Waals surface area contributed by atoms with Gasteiger partial charge < -0.3 is 14.8 Å². The van der Waals surface area contributed by atoms with Crippen LogP contribution in [-0.4, -0.2) is 45.9 Å². The Hall–Kier alpha value is -2.66. The Morgan fingerprint density at radius 1 is 1.54 bits per heavy atom. The molecule has 0 unspecified atom stereocenters. The van der Waals surface area contributed by atoms with E-state index in [-0.39, 0.29) is 23.5 Å². The van der Waals surface area contributed by atoms with Crippen molar-refractivity contribution in [2.75, 3.05) is 18.5 Å². The first-order valence-corrected chi connectivity index (χ1v) is 9.87. The van der Waals surface area contributed by atoms with Crippen LogP contribution in [0, 0.1) is 11.3 Å². The lowest BCUT2D eigenvalue weighted by atomic mass is 9.64. The average Bonchev–Trinajstić information content (AvgIpc) is 3.01. The molecular weight excluding hydrogens is 358 g/mol. The highest BCUT2D eigenvalue weighted by Crippen LogP contribution is 2.47. The highest BCUT2D eigenvalue weighted by atomic mass is 16.6. The Labute approximate surface area is 163 Å². The molecule has 1 N–H and O–H groups in total. The van der Waals surface area contributed by atoms with E-state index in [9.17, 15) is 10.1 Å².